The summed E-state index contributed by atoms with van der Waals surface area (Å²) in [5.74, 6) is 1.65. The number of rotatable bonds is 7. The number of aromatic nitrogens is 1. The van der Waals surface area contributed by atoms with Crippen molar-refractivity contribution in [1.29, 1.82) is 0 Å². The molecule has 25 heavy (non-hydrogen) atoms. The third-order valence-corrected chi connectivity index (χ3v) is 7.45. The van der Waals surface area contributed by atoms with Crippen molar-refractivity contribution in [2.24, 2.45) is 4.99 Å². The molecule has 1 aromatic heterocycles. The zero-order valence-electron chi connectivity index (χ0n) is 15.9. The second kappa shape index (κ2) is 10.3. The molecule has 1 fully saturated rings. The van der Waals surface area contributed by atoms with E-state index >= 15 is 0 Å². The second-order valence-electron chi connectivity index (χ2n) is 6.55. The summed E-state index contributed by atoms with van der Waals surface area (Å²) < 4.78 is 12.1. The Morgan fingerprint density at radius 3 is 2.80 bits per heavy atom. The largest absolute Gasteiger partial charge is 0.357 e. The molecule has 5 nitrogen and oxygen atoms in total. The number of nitrogens with zero attached hydrogens (tertiary/aromatic N) is 2. The van der Waals surface area contributed by atoms with Gasteiger partial charge in [-0.2, -0.15) is 0 Å². The average molecular weight is 385 g/mol. The third-order valence-electron chi connectivity index (χ3n) is 4.58. The van der Waals surface area contributed by atoms with Crippen LogP contribution < -0.4 is 10.6 Å². The van der Waals surface area contributed by atoms with Crippen LogP contribution in [0.4, 0.5) is 0 Å². The van der Waals surface area contributed by atoms with Gasteiger partial charge in [-0.25, -0.2) is 4.98 Å². The van der Waals surface area contributed by atoms with Gasteiger partial charge >= 0.3 is 0 Å². The van der Waals surface area contributed by atoms with E-state index in [4.69, 9.17) is 4.99 Å². The Balaban J connectivity index is 1.90. The number of guanidine groups is 1. The van der Waals surface area contributed by atoms with Crippen molar-refractivity contribution in [3.8, 4) is 0 Å². The normalized spacial score (nSPS) is 22.6. The van der Waals surface area contributed by atoms with E-state index in [0.717, 1.165) is 67.6 Å². The molecule has 1 aliphatic carbocycles. The monoisotopic (exact) mass is 384 g/mol. The van der Waals surface area contributed by atoms with Gasteiger partial charge in [-0.3, -0.25) is 9.20 Å². The van der Waals surface area contributed by atoms with Crippen LogP contribution in [0.1, 0.15) is 55.1 Å². The highest BCUT2D eigenvalue weighted by molar-refractivity contribution is 7.85. The fraction of sp³-hybridized carbons (Fsp3) is 0.778. The predicted octanol–water partition coefficient (Wildman–Crippen LogP) is 2.94. The molecule has 2 rings (SSSR count). The van der Waals surface area contributed by atoms with Gasteiger partial charge in [0.1, 0.15) is 0 Å². The van der Waals surface area contributed by atoms with E-state index in [9.17, 15) is 4.21 Å². The van der Waals surface area contributed by atoms with Crippen LogP contribution >= 0.6 is 11.3 Å². The highest BCUT2D eigenvalue weighted by Gasteiger charge is 2.26. The maximum Gasteiger partial charge on any atom is 0.191 e. The summed E-state index contributed by atoms with van der Waals surface area (Å²) in [6, 6.07) is 0.374. The van der Waals surface area contributed by atoms with Crippen molar-refractivity contribution in [2.75, 3.05) is 18.8 Å². The Labute approximate surface area is 158 Å². The highest BCUT2D eigenvalue weighted by atomic mass is 32.2. The quantitative estimate of drug-likeness (QED) is 0.560. The fourth-order valence-corrected chi connectivity index (χ4v) is 5.61. The molecule has 1 heterocycles. The first-order valence-corrected chi connectivity index (χ1v) is 11.6. The minimum atomic E-state index is -0.689. The van der Waals surface area contributed by atoms with Gasteiger partial charge in [-0.1, -0.05) is 13.3 Å². The zero-order chi connectivity index (χ0) is 18.2. The van der Waals surface area contributed by atoms with Crippen LogP contribution in [0.25, 0.3) is 0 Å². The molecule has 2 N–H and O–H groups in total. The van der Waals surface area contributed by atoms with Gasteiger partial charge in [0.2, 0.25) is 0 Å². The van der Waals surface area contributed by atoms with Gasteiger partial charge in [0.05, 0.1) is 10.7 Å². The van der Waals surface area contributed by atoms with E-state index in [-0.39, 0.29) is 0 Å². The second-order valence-corrected chi connectivity index (χ2v) is 9.84. The lowest BCUT2D eigenvalue weighted by Crippen LogP contribution is -2.46. The molecule has 0 aliphatic heterocycles. The summed E-state index contributed by atoms with van der Waals surface area (Å²) in [4.78, 5) is 10.5. The number of hydrogen-bond acceptors (Lipinski definition) is 4. The molecule has 3 atom stereocenters. The van der Waals surface area contributed by atoms with Crippen LogP contribution in [0.3, 0.4) is 0 Å². The topological polar surface area (TPSA) is 66.4 Å². The number of aliphatic imine (C=N–C) groups is 1. The van der Waals surface area contributed by atoms with Crippen LogP contribution in [-0.2, 0) is 17.2 Å². The van der Waals surface area contributed by atoms with Crippen molar-refractivity contribution < 1.29 is 4.21 Å². The number of hydrogen-bond donors (Lipinski definition) is 2. The molecule has 0 spiro atoms. The molecule has 0 bridgehead atoms. The van der Waals surface area contributed by atoms with Crippen LogP contribution in [0.15, 0.2) is 4.99 Å². The summed E-state index contributed by atoms with van der Waals surface area (Å²) >= 11 is 1.77. The minimum absolute atomic E-state index is 0.335. The molecule has 1 saturated carbocycles. The fourth-order valence-electron chi connectivity index (χ4n) is 3.34. The Bertz CT molecular complexity index is 600. The minimum Gasteiger partial charge on any atom is -0.357 e. The molecule has 3 unspecified atom stereocenters. The van der Waals surface area contributed by atoms with Gasteiger partial charge in [-0.05, 0) is 40.0 Å². The van der Waals surface area contributed by atoms with E-state index in [2.05, 4.69) is 36.4 Å². The Kier molecular flexibility index (Phi) is 8.36. The van der Waals surface area contributed by atoms with Crippen molar-refractivity contribution in [2.45, 2.75) is 71.1 Å². The van der Waals surface area contributed by atoms with E-state index in [1.165, 1.54) is 4.88 Å². The van der Waals surface area contributed by atoms with Crippen molar-refractivity contribution in [3.05, 3.63) is 15.6 Å². The Hall–Kier alpha value is -0.950. The SMILES string of the molecule is CCNC(=NCCc1sc(C)nc1C)NC1CCCC(S(=O)CC)C1. The van der Waals surface area contributed by atoms with Gasteiger partial charge < -0.3 is 10.6 Å². The molecule has 1 aromatic rings. The maximum atomic E-state index is 12.1. The average Bonchev–Trinajstić information content (AvgIpc) is 2.92. The lowest BCUT2D eigenvalue weighted by atomic mass is 9.95. The zero-order valence-corrected chi connectivity index (χ0v) is 17.6. The highest BCUT2D eigenvalue weighted by Crippen LogP contribution is 2.23. The third kappa shape index (κ3) is 6.37. The first-order valence-electron chi connectivity index (χ1n) is 9.38. The molecule has 142 valence electrons. The lowest BCUT2D eigenvalue weighted by molar-refractivity contribution is 0.413. The molecule has 1 aliphatic rings. The Morgan fingerprint density at radius 1 is 1.36 bits per heavy atom. The molecule has 0 aromatic carbocycles. The lowest BCUT2D eigenvalue weighted by Gasteiger charge is -2.30. The summed E-state index contributed by atoms with van der Waals surface area (Å²) in [5, 5.41) is 8.37. The van der Waals surface area contributed by atoms with Crippen LogP contribution in [0.2, 0.25) is 0 Å². The van der Waals surface area contributed by atoms with E-state index in [0.29, 0.717) is 11.3 Å². The maximum absolute atomic E-state index is 12.1. The number of aryl methyl sites for hydroxylation is 2. The Morgan fingerprint density at radius 2 is 2.16 bits per heavy atom. The summed E-state index contributed by atoms with van der Waals surface area (Å²) in [7, 11) is -0.689. The van der Waals surface area contributed by atoms with Gasteiger partial charge in [0.15, 0.2) is 5.96 Å². The van der Waals surface area contributed by atoms with E-state index in [1.54, 1.807) is 11.3 Å². The smallest absolute Gasteiger partial charge is 0.191 e. The van der Waals surface area contributed by atoms with Crippen molar-refractivity contribution in [3.63, 3.8) is 0 Å². The molecule has 0 amide bonds. The first kappa shape index (κ1) is 20.4. The molecule has 0 saturated heterocycles. The molecule has 7 heteroatoms. The van der Waals surface area contributed by atoms with Crippen molar-refractivity contribution in [1.82, 2.24) is 15.6 Å². The summed E-state index contributed by atoms with van der Waals surface area (Å²) in [6.45, 7) is 9.83. The molecular formula is C18H32N4OS2. The first-order chi connectivity index (χ1) is 12.0. The summed E-state index contributed by atoms with van der Waals surface area (Å²) in [6.07, 6.45) is 5.29. The number of thiazole rings is 1. The van der Waals surface area contributed by atoms with Gasteiger partial charge in [-0.15, -0.1) is 11.3 Å². The van der Waals surface area contributed by atoms with Crippen LogP contribution in [-0.4, -0.2) is 45.3 Å². The van der Waals surface area contributed by atoms with Crippen LogP contribution in [0, 0.1) is 13.8 Å². The predicted molar refractivity (Wildman–Crippen MR) is 109 cm³/mol. The van der Waals surface area contributed by atoms with Crippen molar-refractivity contribution >= 4 is 28.1 Å². The molecule has 0 radical (unpaired) electrons. The summed E-state index contributed by atoms with van der Waals surface area (Å²) in [5.41, 5.74) is 1.13. The number of nitrogens with one attached hydrogen (secondary N) is 2. The standard InChI is InChI=1S/C18H32N4OS2/c1-5-19-18(20-11-10-17-13(3)21-14(4)24-17)22-15-8-7-9-16(12-15)25(23)6-2/h15-16H,5-12H2,1-4H3,(H2,19,20,22). The van der Waals surface area contributed by atoms with Crippen LogP contribution in [0.5, 0.6) is 0 Å². The van der Waals surface area contributed by atoms with Gasteiger partial charge in [0.25, 0.3) is 0 Å². The molecular weight excluding hydrogens is 352 g/mol. The van der Waals surface area contributed by atoms with E-state index < -0.39 is 10.8 Å². The van der Waals surface area contributed by atoms with E-state index in [1.807, 2.05) is 6.92 Å². The van der Waals surface area contributed by atoms with Gasteiger partial charge in [0, 0.05) is 52.2 Å².